The summed E-state index contributed by atoms with van der Waals surface area (Å²) in [5, 5.41) is 0.797. The predicted octanol–water partition coefficient (Wildman–Crippen LogP) is 4.93. The molecule has 0 aromatic heterocycles. The van der Waals surface area contributed by atoms with E-state index in [1.807, 2.05) is 12.1 Å². The molecule has 0 spiro atoms. The van der Waals surface area contributed by atoms with Gasteiger partial charge in [0.1, 0.15) is 6.23 Å². The second-order valence-corrected chi connectivity index (χ2v) is 6.17. The lowest BCUT2D eigenvalue weighted by molar-refractivity contribution is -0.0993. The molecule has 2 atom stereocenters. The molecular weight excluding hydrogens is 305 g/mol. The zero-order valence-electron chi connectivity index (χ0n) is 13.1. The van der Waals surface area contributed by atoms with Crippen molar-refractivity contribution < 1.29 is 4.74 Å². The van der Waals surface area contributed by atoms with Crippen LogP contribution >= 0.6 is 24.0 Å². The highest BCUT2D eigenvalue weighted by Gasteiger charge is 2.23. The Bertz CT molecular complexity index is 390. The van der Waals surface area contributed by atoms with Crippen molar-refractivity contribution in [3.05, 3.63) is 34.9 Å². The van der Waals surface area contributed by atoms with Crippen LogP contribution in [0.4, 0.5) is 0 Å². The van der Waals surface area contributed by atoms with Gasteiger partial charge in [0, 0.05) is 24.5 Å². The van der Waals surface area contributed by atoms with E-state index in [-0.39, 0.29) is 18.6 Å². The van der Waals surface area contributed by atoms with Gasteiger partial charge in [0.25, 0.3) is 0 Å². The van der Waals surface area contributed by atoms with E-state index in [4.69, 9.17) is 16.3 Å². The van der Waals surface area contributed by atoms with Crippen LogP contribution in [0.2, 0.25) is 5.02 Å². The zero-order chi connectivity index (χ0) is 14.4. The monoisotopic (exact) mass is 331 g/mol. The van der Waals surface area contributed by atoms with E-state index in [0.29, 0.717) is 6.10 Å². The highest BCUT2D eigenvalue weighted by Crippen LogP contribution is 2.19. The zero-order valence-corrected chi connectivity index (χ0v) is 14.6. The molecule has 1 aliphatic rings. The molecule has 1 heterocycles. The van der Waals surface area contributed by atoms with Gasteiger partial charge in [0.15, 0.2) is 0 Å². The summed E-state index contributed by atoms with van der Waals surface area (Å²) in [7, 11) is 0. The number of piperidine rings is 1. The summed E-state index contributed by atoms with van der Waals surface area (Å²) in [6, 6.07) is 8.15. The van der Waals surface area contributed by atoms with Gasteiger partial charge in [0.2, 0.25) is 0 Å². The maximum absolute atomic E-state index is 6.27. The predicted molar refractivity (Wildman–Crippen MR) is 92.5 cm³/mol. The van der Waals surface area contributed by atoms with Gasteiger partial charge >= 0.3 is 0 Å². The molecule has 0 aliphatic carbocycles. The number of hydrogen-bond acceptors (Lipinski definition) is 2. The van der Waals surface area contributed by atoms with E-state index >= 15 is 0 Å². The number of ether oxygens (including phenoxy) is 1. The van der Waals surface area contributed by atoms with Gasteiger partial charge < -0.3 is 4.74 Å². The Morgan fingerprint density at radius 3 is 2.33 bits per heavy atom. The first kappa shape index (κ1) is 18.8. The van der Waals surface area contributed by atoms with Crippen molar-refractivity contribution in [2.75, 3.05) is 13.1 Å². The fraction of sp³-hybridized carbons (Fsp3) is 0.647. The minimum absolute atomic E-state index is 0. The van der Waals surface area contributed by atoms with E-state index in [9.17, 15) is 0 Å². The number of hydrogen-bond donors (Lipinski definition) is 0. The molecule has 2 rings (SSSR count). The summed E-state index contributed by atoms with van der Waals surface area (Å²) in [5.74, 6) is 0. The first-order valence-electron chi connectivity index (χ1n) is 7.83. The lowest BCUT2D eigenvalue weighted by atomic mass is 10.1. The number of benzene rings is 1. The second kappa shape index (κ2) is 9.68. The third-order valence-corrected chi connectivity index (χ3v) is 4.34. The molecule has 1 aromatic carbocycles. The molecule has 120 valence electrons. The molecule has 0 amide bonds. The lowest BCUT2D eigenvalue weighted by Gasteiger charge is -2.36. The lowest BCUT2D eigenvalue weighted by Crippen LogP contribution is -2.43. The van der Waals surface area contributed by atoms with Crippen LogP contribution in [0.3, 0.4) is 0 Å². The van der Waals surface area contributed by atoms with Crippen LogP contribution < -0.4 is 0 Å². The van der Waals surface area contributed by atoms with Crippen LogP contribution in [-0.2, 0) is 11.2 Å². The van der Waals surface area contributed by atoms with Gasteiger partial charge in [0.05, 0.1) is 6.10 Å². The van der Waals surface area contributed by atoms with E-state index in [0.717, 1.165) is 31.0 Å². The molecular formula is C17H27Cl2NO. The average Bonchev–Trinajstić information content (AvgIpc) is 2.49. The molecule has 1 aliphatic heterocycles. The molecule has 21 heavy (non-hydrogen) atoms. The van der Waals surface area contributed by atoms with E-state index < -0.39 is 0 Å². The minimum Gasteiger partial charge on any atom is -0.360 e. The summed E-state index contributed by atoms with van der Waals surface area (Å²) >= 11 is 5.96. The molecule has 0 saturated carbocycles. The van der Waals surface area contributed by atoms with Crippen molar-refractivity contribution in [3.8, 4) is 0 Å². The molecule has 2 nitrogen and oxygen atoms in total. The van der Waals surface area contributed by atoms with Crippen LogP contribution in [0.5, 0.6) is 0 Å². The number of likely N-dealkylation sites (tertiary alicyclic amines) is 1. The average molecular weight is 332 g/mol. The van der Waals surface area contributed by atoms with Crippen molar-refractivity contribution in [2.45, 2.75) is 58.3 Å². The first-order valence-corrected chi connectivity index (χ1v) is 8.20. The Morgan fingerprint density at radius 2 is 1.76 bits per heavy atom. The molecule has 4 heteroatoms. The van der Waals surface area contributed by atoms with E-state index in [1.165, 1.54) is 24.8 Å². The molecule has 1 aromatic rings. The molecule has 0 N–H and O–H groups in total. The fourth-order valence-electron chi connectivity index (χ4n) is 2.66. The van der Waals surface area contributed by atoms with Crippen LogP contribution in [-0.4, -0.2) is 30.3 Å². The van der Waals surface area contributed by atoms with Gasteiger partial charge in [-0.1, -0.05) is 37.1 Å². The van der Waals surface area contributed by atoms with Crippen molar-refractivity contribution in [3.63, 3.8) is 0 Å². The van der Waals surface area contributed by atoms with Gasteiger partial charge in [-0.3, -0.25) is 4.90 Å². The summed E-state index contributed by atoms with van der Waals surface area (Å²) < 4.78 is 6.27. The van der Waals surface area contributed by atoms with Crippen molar-refractivity contribution in [1.82, 2.24) is 4.90 Å². The van der Waals surface area contributed by atoms with Crippen LogP contribution in [0.1, 0.15) is 45.1 Å². The number of halogens is 2. The molecule has 1 fully saturated rings. The fourth-order valence-corrected chi connectivity index (χ4v) is 2.78. The SMILES string of the molecule is CCC(C)OC(Cc1ccc(Cl)cc1)N1CCCCC1.Cl. The number of nitrogens with zero attached hydrogens (tertiary/aromatic N) is 1. The second-order valence-electron chi connectivity index (χ2n) is 5.74. The number of rotatable bonds is 6. The summed E-state index contributed by atoms with van der Waals surface area (Å²) in [5.41, 5.74) is 1.30. The molecule has 2 unspecified atom stereocenters. The summed E-state index contributed by atoms with van der Waals surface area (Å²) in [6.45, 7) is 6.67. The maximum Gasteiger partial charge on any atom is 0.115 e. The third-order valence-electron chi connectivity index (χ3n) is 4.09. The van der Waals surface area contributed by atoms with Crippen molar-refractivity contribution in [1.29, 1.82) is 0 Å². The highest BCUT2D eigenvalue weighted by molar-refractivity contribution is 6.30. The smallest absolute Gasteiger partial charge is 0.115 e. The summed E-state index contributed by atoms with van der Waals surface area (Å²) in [6.07, 6.45) is 6.46. The van der Waals surface area contributed by atoms with E-state index in [2.05, 4.69) is 30.9 Å². The van der Waals surface area contributed by atoms with Crippen molar-refractivity contribution >= 4 is 24.0 Å². The standard InChI is InChI=1S/C17H26ClNO.ClH/c1-3-14(2)20-17(19-11-5-4-6-12-19)13-15-7-9-16(18)10-8-15;/h7-10,14,17H,3-6,11-13H2,1-2H3;1H. The Balaban J connectivity index is 0.00000220. The summed E-state index contributed by atoms with van der Waals surface area (Å²) in [4.78, 5) is 2.50. The quantitative estimate of drug-likeness (QED) is 0.732. The molecule has 1 saturated heterocycles. The van der Waals surface area contributed by atoms with E-state index in [1.54, 1.807) is 0 Å². The Kier molecular flexibility index (Phi) is 8.65. The van der Waals surface area contributed by atoms with Gasteiger partial charge in [-0.25, -0.2) is 0 Å². The van der Waals surface area contributed by atoms with Crippen LogP contribution in [0, 0.1) is 0 Å². The normalized spacial score (nSPS) is 18.8. The van der Waals surface area contributed by atoms with Gasteiger partial charge in [-0.05, 0) is 43.9 Å². The first-order chi connectivity index (χ1) is 9.69. The Morgan fingerprint density at radius 1 is 1.14 bits per heavy atom. The maximum atomic E-state index is 6.27. The molecule has 0 bridgehead atoms. The van der Waals surface area contributed by atoms with Gasteiger partial charge in [-0.15, -0.1) is 12.4 Å². The topological polar surface area (TPSA) is 12.5 Å². The molecule has 0 radical (unpaired) electrons. The van der Waals surface area contributed by atoms with Crippen LogP contribution in [0.15, 0.2) is 24.3 Å². The highest BCUT2D eigenvalue weighted by atomic mass is 35.5. The largest absolute Gasteiger partial charge is 0.360 e. The van der Waals surface area contributed by atoms with Crippen LogP contribution in [0.25, 0.3) is 0 Å². The minimum atomic E-state index is 0. The Labute approximate surface area is 140 Å². The van der Waals surface area contributed by atoms with Gasteiger partial charge in [-0.2, -0.15) is 0 Å². The van der Waals surface area contributed by atoms with Crippen molar-refractivity contribution in [2.24, 2.45) is 0 Å². The third kappa shape index (κ3) is 6.15. The Hall–Kier alpha value is -0.280.